The zero-order valence-electron chi connectivity index (χ0n) is 7.63. The molecule has 0 fully saturated rings. The Bertz CT molecular complexity index is 493. The Morgan fingerprint density at radius 2 is 2.13 bits per heavy atom. The molecule has 4 heteroatoms. The van der Waals surface area contributed by atoms with Crippen molar-refractivity contribution in [2.24, 2.45) is 0 Å². The number of hydrogen-bond donors (Lipinski definition) is 1. The normalized spacial score (nSPS) is 10.3. The Hall–Kier alpha value is -1.06. The number of rotatable bonds is 2. The molecule has 0 aliphatic heterocycles. The molecular formula is C11H7BrClNO. The first-order valence-corrected chi connectivity index (χ1v) is 5.48. The van der Waals surface area contributed by atoms with Gasteiger partial charge in [0.25, 0.3) is 0 Å². The molecule has 76 valence electrons. The SMILES string of the molecule is O=C(c1cc[nH]c1)c1cc(Cl)ccc1Br. The quantitative estimate of drug-likeness (QED) is 0.839. The molecule has 1 aromatic heterocycles. The molecule has 2 nitrogen and oxygen atoms in total. The van der Waals surface area contributed by atoms with Gasteiger partial charge in [-0.1, -0.05) is 27.5 Å². The molecule has 0 atom stereocenters. The Morgan fingerprint density at radius 1 is 1.33 bits per heavy atom. The van der Waals surface area contributed by atoms with Gasteiger partial charge in [0.15, 0.2) is 5.78 Å². The fourth-order valence-corrected chi connectivity index (χ4v) is 1.89. The molecule has 0 amide bonds. The van der Waals surface area contributed by atoms with Crippen molar-refractivity contribution < 1.29 is 4.79 Å². The molecule has 0 aliphatic rings. The van der Waals surface area contributed by atoms with E-state index in [9.17, 15) is 4.79 Å². The van der Waals surface area contributed by atoms with Crippen molar-refractivity contribution in [3.05, 3.63) is 57.3 Å². The predicted octanol–water partition coefficient (Wildman–Crippen LogP) is 3.66. The predicted molar refractivity (Wildman–Crippen MR) is 63.4 cm³/mol. The lowest BCUT2D eigenvalue weighted by Crippen LogP contribution is -2.00. The molecular weight excluding hydrogens is 277 g/mol. The number of ketones is 1. The van der Waals surface area contributed by atoms with Gasteiger partial charge < -0.3 is 4.98 Å². The summed E-state index contributed by atoms with van der Waals surface area (Å²) < 4.78 is 0.748. The van der Waals surface area contributed by atoms with Gasteiger partial charge in [-0.2, -0.15) is 0 Å². The second-order valence-electron chi connectivity index (χ2n) is 3.05. The average Bonchev–Trinajstić information content (AvgIpc) is 2.74. The number of carbonyl (C=O) groups is 1. The minimum absolute atomic E-state index is 0.0503. The summed E-state index contributed by atoms with van der Waals surface area (Å²) in [6, 6.07) is 6.89. The lowest BCUT2D eigenvalue weighted by Gasteiger charge is -2.02. The highest BCUT2D eigenvalue weighted by molar-refractivity contribution is 9.10. The molecule has 1 heterocycles. The fourth-order valence-electron chi connectivity index (χ4n) is 1.29. The summed E-state index contributed by atoms with van der Waals surface area (Å²) in [5.74, 6) is -0.0503. The summed E-state index contributed by atoms with van der Waals surface area (Å²) in [6.07, 6.45) is 3.38. The van der Waals surface area contributed by atoms with E-state index < -0.39 is 0 Å². The Kier molecular flexibility index (Phi) is 2.93. The van der Waals surface area contributed by atoms with Crippen LogP contribution >= 0.6 is 27.5 Å². The van der Waals surface area contributed by atoms with Crippen LogP contribution in [0.2, 0.25) is 5.02 Å². The van der Waals surface area contributed by atoms with Gasteiger partial charge in [-0.05, 0) is 24.3 Å². The van der Waals surface area contributed by atoms with Gasteiger partial charge in [-0.25, -0.2) is 0 Å². The van der Waals surface area contributed by atoms with Crippen molar-refractivity contribution >= 4 is 33.3 Å². The molecule has 0 unspecified atom stereocenters. The first kappa shape index (κ1) is 10.5. The first-order chi connectivity index (χ1) is 7.18. The van der Waals surface area contributed by atoms with Crippen molar-refractivity contribution in [2.45, 2.75) is 0 Å². The minimum atomic E-state index is -0.0503. The van der Waals surface area contributed by atoms with E-state index in [1.165, 1.54) is 0 Å². The summed E-state index contributed by atoms with van der Waals surface area (Å²) in [7, 11) is 0. The van der Waals surface area contributed by atoms with Crippen LogP contribution in [0, 0.1) is 0 Å². The number of aromatic amines is 1. The third kappa shape index (κ3) is 2.13. The third-order valence-corrected chi connectivity index (χ3v) is 2.96. The maximum atomic E-state index is 12.0. The minimum Gasteiger partial charge on any atom is -0.367 e. The summed E-state index contributed by atoms with van der Waals surface area (Å²) in [5, 5.41) is 0.553. The molecule has 15 heavy (non-hydrogen) atoms. The largest absolute Gasteiger partial charge is 0.367 e. The van der Waals surface area contributed by atoms with Crippen LogP contribution < -0.4 is 0 Å². The Balaban J connectivity index is 2.46. The Morgan fingerprint density at radius 3 is 2.80 bits per heavy atom. The standard InChI is InChI=1S/C11H7BrClNO/c12-10-2-1-8(13)5-9(10)11(15)7-3-4-14-6-7/h1-6,14H. The topological polar surface area (TPSA) is 32.9 Å². The fraction of sp³-hybridized carbons (Fsp3) is 0. The number of nitrogens with one attached hydrogen (secondary N) is 1. The molecule has 1 aromatic carbocycles. The van der Waals surface area contributed by atoms with Crippen LogP contribution in [0.3, 0.4) is 0 Å². The summed E-state index contributed by atoms with van der Waals surface area (Å²) in [5.41, 5.74) is 1.19. The van der Waals surface area contributed by atoms with Crippen molar-refractivity contribution in [3.63, 3.8) is 0 Å². The van der Waals surface area contributed by atoms with Crippen molar-refractivity contribution in [1.82, 2.24) is 4.98 Å². The van der Waals surface area contributed by atoms with E-state index in [4.69, 9.17) is 11.6 Å². The van der Waals surface area contributed by atoms with Crippen molar-refractivity contribution in [1.29, 1.82) is 0 Å². The van der Waals surface area contributed by atoms with Gasteiger partial charge in [-0.3, -0.25) is 4.79 Å². The van der Waals surface area contributed by atoms with Gasteiger partial charge in [0.1, 0.15) is 0 Å². The zero-order chi connectivity index (χ0) is 10.8. The van der Waals surface area contributed by atoms with Crippen LogP contribution in [-0.4, -0.2) is 10.8 Å². The summed E-state index contributed by atoms with van der Waals surface area (Å²) >= 11 is 9.17. The van der Waals surface area contributed by atoms with Crippen LogP contribution in [0.1, 0.15) is 15.9 Å². The third-order valence-electron chi connectivity index (χ3n) is 2.03. The van der Waals surface area contributed by atoms with Crippen LogP contribution in [0.15, 0.2) is 41.1 Å². The smallest absolute Gasteiger partial charge is 0.195 e. The molecule has 0 saturated carbocycles. The van der Waals surface area contributed by atoms with Crippen molar-refractivity contribution in [3.8, 4) is 0 Å². The second-order valence-corrected chi connectivity index (χ2v) is 4.34. The van der Waals surface area contributed by atoms with E-state index in [0.29, 0.717) is 16.1 Å². The highest BCUT2D eigenvalue weighted by Gasteiger charge is 2.12. The summed E-state index contributed by atoms with van der Waals surface area (Å²) in [4.78, 5) is 14.8. The molecule has 2 rings (SSSR count). The molecule has 0 saturated heterocycles. The monoisotopic (exact) mass is 283 g/mol. The molecule has 2 aromatic rings. The summed E-state index contributed by atoms with van der Waals surface area (Å²) in [6.45, 7) is 0. The zero-order valence-corrected chi connectivity index (χ0v) is 9.97. The lowest BCUT2D eigenvalue weighted by atomic mass is 10.1. The van der Waals surface area contributed by atoms with Gasteiger partial charge in [-0.15, -0.1) is 0 Å². The van der Waals surface area contributed by atoms with E-state index in [1.807, 2.05) is 0 Å². The van der Waals surface area contributed by atoms with Gasteiger partial charge in [0, 0.05) is 33.0 Å². The number of carbonyl (C=O) groups excluding carboxylic acids is 1. The van der Waals surface area contributed by atoms with Gasteiger partial charge >= 0.3 is 0 Å². The van der Waals surface area contributed by atoms with Crippen molar-refractivity contribution in [2.75, 3.05) is 0 Å². The molecule has 0 radical (unpaired) electrons. The molecule has 0 spiro atoms. The highest BCUT2D eigenvalue weighted by Crippen LogP contribution is 2.23. The van der Waals surface area contributed by atoms with E-state index in [0.717, 1.165) is 4.47 Å². The lowest BCUT2D eigenvalue weighted by molar-refractivity contribution is 0.103. The first-order valence-electron chi connectivity index (χ1n) is 4.31. The van der Waals surface area contributed by atoms with E-state index >= 15 is 0 Å². The van der Waals surface area contributed by atoms with E-state index in [2.05, 4.69) is 20.9 Å². The maximum absolute atomic E-state index is 12.0. The number of H-pyrrole nitrogens is 1. The molecule has 1 N–H and O–H groups in total. The molecule has 0 aliphatic carbocycles. The maximum Gasteiger partial charge on any atom is 0.195 e. The average molecular weight is 285 g/mol. The number of aromatic nitrogens is 1. The number of hydrogen-bond acceptors (Lipinski definition) is 1. The number of benzene rings is 1. The number of halogens is 2. The van der Waals surface area contributed by atoms with Crippen LogP contribution in [0.25, 0.3) is 0 Å². The van der Waals surface area contributed by atoms with Crippen LogP contribution in [0.4, 0.5) is 0 Å². The van der Waals surface area contributed by atoms with Crippen LogP contribution in [-0.2, 0) is 0 Å². The van der Waals surface area contributed by atoms with Gasteiger partial charge in [0.2, 0.25) is 0 Å². The highest BCUT2D eigenvalue weighted by atomic mass is 79.9. The van der Waals surface area contributed by atoms with E-state index in [-0.39, 0.29) is 5.78 Å². The Labute approximate surface area is 100 Å². The molecule has 0 bridgehead atoms. The second kappa shape index (κ2) is 4.21. The van der Waals surface area contributed by atoms with Crippen LogP contribution in [0.5, 0.6) is 0 Å². The van der Waals surface area contributed by atoms with Gasteiger partial charge in [0.05, 0.1) is 0 Å². The van der Waals surface area contributed by atoms with E-state index in [1.54, 1.807) is 36.7 Å².